The first-order chi connectivity index (χ1) is 16.1. The molecule has 1 saturated heterocycles. The summed E-state index contributed by atoms with van der Waals surface area (Å²) in [5.74, 6) is 2.36. The molecule has 0 bridgehead atoms. The van der Waals surface area contributed by atoms with Gasteiger partial charge >= 0.3 is 0 Å². The van der Waals surface area contributed by atoms with Gasteiger partial charge in [0.1, 0.15) is 0 Å². The molecule has 0 atom stereocenters. The van der Waals surface area contributed by atoms with Crippen LogP contribution < -0.4 is 14.2 Å². The highest BCUT2D eigenvalue weighted by Crippen LogP contribution is 2.38. The van der Waals surface area contributed by atoms with Gasteiger partial charge in [-0.1, -0.05) is 43.7 Å². The van der Waals surface area contributed by atoms with Crippen molar-refractivity contribution >= 4 is 5.91 Å². The average molecular weight is 455 g/mol. The SMILES string of the molecule is CCCCN(Cc1ccccc1)C(=O)C1CCN(Cc2cc(OC)c(OC)c(OC)c2)CC1. The van der Waals surface area contributed by atoms with Crippen LogP contribution in [0.15, 0.2) is 42.5 Å². The molecule has 0 unspecified atom stereocenters. The van der Waals surface area contributed by atoms with E-state index in [0.717, 1.165) is 57.4 Å². The summed E-state index contributed by atoms with van der Waals surface area (Å²) in [6.45, 7) is 6.30. The second-order valence-corrected chi connectivity index (χ2v) is 8.68. The maximum atomic E-state index is 13.4. The molecule has 180 valence electrons. The molecule has 0 spiro atoms. The normalized spacial score (nSPS) is 14.7. The van der Waals surface area contributed by atoms with Crippen molar-refractivity contribution in [2.75, 3.05) is 41.0 Å². The van der Waals surface area contributed by atoms with Crippen molar-refractivity contribution < 1.29 is 19.0 Å². The smallest absolute Gasteiger partial charge is 0.226 e. The van der Waals surface area contributed by atoms with Gasteiger partial charge in [-0.2, -0.15) is 0 Å². The summed E-state index contributed by atoms with van der Waals surface area (Å²) < 4.78 is 16.4. The third-order valence-corrected chi connectivity index (χ3v) is 6.38. The summed E-state index contributed by atoms with van der Waals surface area (Å²) in [4.78, 5) is 17.8. The van der Waals surface area contributed by atoms with Crippen molar-refractivity contribution in [3.8, 4) is 17.2 Å². The largest absolute Gasteiger partial charge is 0.493 e. The van der Waals surface area contributed by atoms with E-state index in [9.17, 15) is 4.79 Å². The molecule has 0 N–H and O–H groups in total. The van der Waals surface area contributed by atoms with Gasteiger partial charge < -0.3 is 19.1 Å². The molecule has 0 saturated carbocycles. The minimum Gasteiger partial charge on any atom is -0.493 e. The van der Waals surface area contributed by atoms with Gasteiger partial charge in [-0.3, -0.25) is 9.69 Å². The van der Waals surface area contributed by atoms with Crippen LogP contribution in [-0.4, -0.2) is 56.7 Å². The molecule has 1 aliphatic heterocycles. The van der Waals surface area contributed by atoms with E-state index < -0.39 is 0 Å². The number of carbonyl (C=O) groups excluding carboxylic acids is 1. The quantitative estimate of drug-likeness (QED) is 0.490. The topological polar surface area (TPSA) is 51.2 Å². The molecule has 6 nitrogen and oxygen atoms in total. The fourth-order valence-corrected chi connectivity index (χ4v) is 4.50. The standard InChI is InChI=1S/C27H38N2O4/c1-5-6-14-29(20-21-10-8-7-9-11-21)27(30)23-12-15-28(16-13-23)19-22-17-24(31-2)26(33-4)25(18-22)32-3/h7-11,17-18,23H,5-6,12-16,19-20H2,1-4H3. The number of nitrogens with zero attached hydrogens (tertiary/aromatic N) is 2. The highest BCUT2D eigenvalue weighted by Gasteiger charge is 2.29. The van der Waals surface area contributed by atoms with Gasteiger partial charge in [0.05, 0.1) is 21.3 Å². The van der Waals surface area contributed by atoms with E-state index in [0.29, 0.717) is 29.7 Å². The Kier molecular flexibility index (Phi) is 9.43. The molecule has 1 fully saturated rings. The monoisotopic (exact) mass is 454 g/mol. The molecule has 1 heterocycles. The Balaban J connectivity index is 1.60. The summed E-state index contributed by atoms with van der Waals surface area (Å²) in [6.07, 6.45) is 3.91. The summed E-state index contributed by atoms with van der Waals surface area (Å²) in [7, 11) is 4.89. The molecule has 0 aromatic heterocycles. The Morgan fingerprint density at radius 3 is 2.15 bits per heavy atom. The second-order valence-electron chi connectivity index (χ2n) is 8.68. The van der Waals surface area contributed by atoms with Crippen LogP contribution in [0.2, 0.25) is 0 Å². The molecular formula is C27H38N2O4. The van der Waals surface area contributed by atoms with E-state index in [2.05, 4.69) is 28.9 Å². The molecule has 2 aromatic rings. The fourth-order valence-electron chi connectivity index (χ4n) is 4.50. The Morgan fingerprint density at radius 2 is 1.61 bits per heavy atom. The lowest BCUT2D eigenvalue weighted by Crippen LogP contribution is -2.42. The predicted molar refractivity (Wildman–Crippen MR) is 131 cm³/mol. The van der Waals surface area contributed by atoms with Crippen molar-refractivity contribution in [1.29, 1.82) is 0 Å². The van der Waals surface area contributed by atoms with Gasteiger partial charge in [0, 0.05) is 25.6 Å². The van der Waals surface area contributed by atoms with E-state index in [1.807, 2.05) is 30.3 Å². The van der Waals surface area contributed by atoms with Crippen LogP contribution in [0.5, 0.6) is 17.2 Å². The summed E-state index contributed by atoms with van der Waals surface area (Å²) >= 11 is 0. The van der Waals surface area contributed by atoms with E-state index in [-0.39, 0.29) is 5.92 Å². The van der Waals surface area contributed by atoms with Crippen LogP contribution in [-0.2, 0) is 17.9 Å². The van der Waals surface area contributed by atoms with Crippen molar-refractivity contribution in [2.45, 2.75) is 45.7 Å². The van der Waals surface area contributed by atoms with Gasteiger partial charge in [0.2, 0.25) is 11.7 Å². The number of benzene rings is 2. The highest BCUT2D eigenvalue weighted by molar-refractivity contribution is 5.79. The van der Waals surface area contributed by atoms with Crippen molar-refractivity contribution in [1.82, 2.24) is 9.80 Å². The van der Waals surface area contributed by atoms with E-state index in [1.165, 1.54) is 5.56 Å². The lowest BCUT2D eigenvalue weighted by atomic mass is 9.94. The number of likely N-dealkylation sites (tertiary alicyclic amines) is 1. The van der Waals surface area contributed by atoms with E-state index in [1.54, 1.807) is 21.3 Å². The first-order valence-corrected chi connectivity index (χ1v) is 11.9. The van der Waals surface area contributed by atoms with Crippen LogP contribution in [0.3, 0.4) is 0 Å². The number of hydrogen-bond donors (Lipinski definition) is 0. The van der Waals surface area contributed by atoms with Crippen LogP contribution in [0.4, 0.5) is 0 Å². The first-order valence-electron chi connectivity index (χ1n) is 11.9. The molecule has 1 aliphatic rings. The highest BCUT2D eigenvalue weighted by atomic mass is 16.5. The lowest BCUT2D eigenvalue weighted by molar-refractivity contribution is -0.137. The van der Waals surface area contributed by atoms with Crippen molar-refractivity contribution in [2.24, 2.45) is 5.92 Å². The van der Waals surface area contributed by atoms with Gasteiger partial charge in [-0.25, -0.2) is 0 Å². The molecular weight excluding hydrogens is 416 g/mol. The number of methoxy groups -OCH3 is 3. The summed E-state index contributed by atoms with van der Waals surface area (Å²) in [5.41, 5.74) is 2.31. The van der Waals surface area contributed by atoms with Crippen molar-refractivity contribution in [3.63, 3.8) is 0 Å². The predicted octanol–water partition coefficient (Wildman–Crippen LogP) is 4.75. The van der Waals surface area contributed by atoms with Gasteiger partial charge in [-0.05, 0) is 55.6 Å². The number of ether oxygens (including phenoxy) is 3. The van der Waals surface area contributed by atoms with Gasteiger partial charge in [0.15, 0.2) is 11.5 Å². The van der Waals surface area contributed by atoms with Gasteiger partial charge in [-0.15, -0.1) is 0 Å². The van der Waals surface area contributed by atoms with Crippen LogP contribution in [0, 0.1) is 5.92 Å². The number of rotatable bonds is 11. The maximum Gasteiger partial charge on any atom is 0.226 e. The van der Waals surface area contributed by atoms with Crippen LogP contribution >= 0.6 is 0 Å². The lowest BCUT2D eigenvalue weighted by Gasteiger charge is -2.34. The third kappa shape index (κ3) is 6.64. The Labute approximate surface area is 198 Å². The molecule has 6 heteroatoms. The number of hydrogen-bond acceptors (Lipinski definition) is 5. The first kappa shape index (κ1) is 24.9. The average Bonchev–Trinajstić information content (AvgIpc) is 2.86. The fraction of sp³-hybridized carbons (Fsp3) is 0.519. The Bertz CT molecular complexity index is 854. The zero-order valence-corrected chi connectivity index (χ0v) is 20.5. The van der Waals surface area contributed by atoms with E-state index >= 15 is 0 Å². The minimum atomic E-state index is 0.0988. The molecule has 1 amide bonds. The number of amides is 1. The zero-order valence-electron chi connectivity index (χ0n) is 20.5. The number of unbranched alkanes of at least 4 members (excludes halogenated alkanes) is 1. The van der Waals surface area contributed by atoms with Crippen molar-refractivity contribution in [3.05, 3.63) is 53.6 Å². The van der Waals surface area contributed by atoms with Crippen LogP contribution in [0.25, 0.3) is 0 Å². The second kappa shape index (κ2) is 12.5. The van der Waals surface area contributed by atoms with Crippen LogP contribution in [0.1, 0.15) is 43.7 Å². The number of carbonyl (C=O) groups is 1. The Hall–Kier alpha value is -2.73. The number of piperidine rings is 1. The summed E-state index contributed by atoms with van der Waals surface area (Å²) in [6, 6.07) is 14.3. The molecule has 0 aliphatic carbocycles. The molecule has 33 heavy (non-hydrogen) atoms. The summed E-state index contributed by atoms with van der Waals surface area (Å²) in [5, 5.41) is 0. The third-order valence-electron chi connectivity index (χ3n) is 6.38. The zero-order chi connectivity index (χ0) is 23.6. The van der Waals surface area contributed by atoms with E-state index in [4.69, 9.17) is 14.2 Å². The Morgan fingerprint density at radius 1 is 0.970 bits per heavy atom. The minimum absolute atomic E-state index is 0.0988. The maximum absolute atomic E-state index is 13.4. The van der Waals surface area contributed by atoms with Gasteiger partial charge in [0.25, 0.3) is 0 Å². The molecule has 2 aromatic carbocycles. The molecule has 0 radical (unpaired) electrons. The molecule has 3 rings (SSSR count).